The molecule has 2 aromatic heterocycles. The fourth-order valence-electron chi connectivity index (χ4n) is 2.51. The minimum Gasteiger partial charge on any atom is -0.449 e. The predicted molar refractivity (Wildman–Crippen MR) is 79.5 cm³/mol. The van der Waals surface area contributed by atoms with Crippen molar-refractivity contribution in [2.45, 2.75) is 13.7 Å². The van der Waals surface area contributed by atoms with Crippen LogP contribution in [0.5, 0.6) is 0 Å². The molecule has 0 fully saturated rings. The summed E-state index contributed by atoms with van der Waals surface area (Å²) >= 11 is 0. The highest BCUT2D eigenvalue weighted by molar-refractivity contribution is 5.99. The number of benzene rings is 1. The molecular weight excluding hydrogens is 308 g/mol. The molecule has 0 aliphatic heterocycles. The number of aliphatic hydroxyl groups is 1. The van der Waals surface area contributed by atoms with Gasteiger partial charge in [-0.15, -0.1) is 0 Å². The first-order valence-electron chi connectivity index (χ1n) is 6.63. The van der Waals surface area contributed by atoms with E-state index in [0.29, 0.717) is 9.13 Å². The quantitative estimate of drug-likeness (QED) is 0.633. The summed E-state index contributed by atoms with van der Waals surface area (Å²) < 4.78 is 5.55. The first kappa shape index (κ1) is 14.9. The van der Waals surface area contributed by atoms with Crippen molar-refractivity contribution >= 4 is 27.6 Å². The molecule has 0 bridgehead atoms. The molecular formula is C14H10N2O7. The number of nitrogens with zero attached hydrogens (tertiary/aromatic N) is 2. The average molecular weight is 318 g/mol. The summed E-state index contributed by atoms with van der Waals surface area (Å²) in [6, 6.07) is 2.17. The van der Waals surface area contributed by atoms with Crippen LogP contribution in [0.2, 0.25) is 0 Å². The highest BCUT2D eigenvalue weighted by Crippen LogP contribution is 2.14. The molecule has 0 spiro atoms. The topological polar surface area (TPSA) is 125 Å². The number of ether oxygens (including phenoxy) is 1. The van der Waals surface area contributed by atoms with E-state index in [-0.39, 0.29) is 28.2 Å². The van der Waals surface area contributed by atoms with Gasteiger partial charge in [0.15, 0.2) is 0 Å². The van der Waals surface area contributed by atoms with Crippen LogP contribution in [0, 0.1) is 0 Å². The van der Waals surface area contributed by atoms with E-state index in [1.807, 2.05) is 0 Å². The zero-order chi connectivity index (χ0) is 16.9. The first-order chi connectivity index (χ1) is 10.9. The van der Waals surface area contributed by atoms with Crippen LogP contribution >= 0.6 is 0 Å². The lowest BCUT2D eigenvalue weighted by atomic mass is 10.1. The van der Waals surface area contributed by atoms with Gasteiger partial charge in [-0.25, -0.2) is 4.79 Å². The van der Waals surface area contributed by atoms with E-state index in [2.05, 4.69) is 4.74 Å². The van der Waals surface area contributed by atoms with E-state index < -0.39 is 35.1 Å². The largest absolute Gasteiger partial charge is 0.449 e. The minimum atomic E-state index is -1.12. The Hall–Kier alpha value is -3.07. The SMILES string of the molecule is CCOC(=O)n1c(=O)c2cc3c(=O)n(CO)c(=O)c3cc2c1=O. The normalized spacial score (nSPS) is 11.4. The van der Waals surface area contributed by atoms with Crippen LogP contribution in [0.1, 0.15) is 6.92 Å². The lowest BCUT2D eigenvalue weighted by molar-refractivity contribution is 0.152. The Balaban J connectivity index is 2.47. The number of aliphatic hydroxyl groups excluding tert-OH is 1. The van der Waals surface area contributed by atoms with Gasteiger partial charge in [0.25, 0.3) is 22.2 Å². The lowest BCUT2D eigenvalue weighted by Crippen LogP contribution is -2.33. The van der Waals surface area contributed by atoms with Crippen molar-refractivity contribution in [1.82, 2.24) is 9.13 Å². The van der Waals surface area contributed by atoms with Gasteiger partial charge in [-0.3, -0.25) is 23.7 Å². The van der Waals surface area contributed by atoms with Crippen LogP contribution in [0.15, 0.2) is 31.3 Å². The molecule has 0 saturated heterocycles. The number of hydrogen-bond donors (Lipinski definition) is 1. The van der Waals surface area contributed by atoms with Crippen molar-refractivity contribution in [1.29, 1.82) is 0 Å². The van der Waals surface area contributed by atoms with E-state index in [1.165, 1.54) is 6.92 Å². The van der Waals surface area contributed by atoms with Gasteiger partial charge in [0, 0.05) is 0 Å². The first-order valence-corrected chi connectivity index (χ1v) is 6.63. The standard InChI is InChI=1S/C14H10N2O7/c1-2-23-14(22)16-12(20)8-3-6-7(4-9(8)13(16)21)11(19)15(5-17)10(6)18/h3-4,17H,2,5H2,1H3. The molecule has 0 radical (unpaired) electrons. The molecule has 2 heterocycles. The van der Waals surface area contributed by atoms with Crippen LogP contribution in [-0.2, 0) is 11.5 Å². The number of hydrogen-bond acceptors (Lipinski definition) is 7. The Kier molecular flexibility index (Phi) is 3.22. The lowest BCUT2D eigenvalue weighted by Gasteiger charge is -1.98. The maximum Gasteiger partial charge on any atom is 0.424 e. The van der Waals surface area contributed by atoms with Gasteiger partial charge in [-0.1, -0.05) is 0 Å². The molecule has 9 heteroatoms. The molecule has 9 nitrogen and oxygen atoms in total. The monoisotopic (exact) mass is 318 g/mol. The molecule has 1 aromatic carbocycles. The number of carbonyl (C=O) groups excluding carboxylic acids is 1. The van der Waals surface area contributed by atoms with E-state index >= 15 is 0 Å². The average Bonchev–Trinajstić information content (AvgIpc) is 2.91. The van der Waals surface area contributed by atoms with Gasteiger partial charge in [0.1, 0.15) is 6.73 Å². The van der Waals surface area contributed by atoms with Crippen LogP contribution in [0.25, 0.3) is 21.5 Å². The van der Waals surface area contributed by atoms with Crippen molar-refractivity contribution in [3.8, 4) is 0 Å². The summed E-state index contributed by atoms with van der Waals surface area (Å²) in [5.74, 6) is 0. The third-order valence-electron chi connectivity index (χ3n) is 3.57. The van der Waals surface area contributed by atoms with Gasteiger partial charge in [-0.2, -0.15) is 4.57 Å². The van der Waals surface area contributed by atoms with Crippen LogP contribution < -0.4 is 22.2 Å². The maximum atomic E-state index is 12.2. The van der Waals surface area contributed by atoms with Gasteiger partial charge >= 0.3 is 6.09 Å². The number of fused-ring (bicyclic) bond motifs is 2. The molecule has 3 aromatic rings. The third-order valence-corrected chi connectivity index (χ3v) is 3.57. The van der Waals surface area contributed by atoms with E-state index in [4.69, 9.17) is 5.11 Å². The summed E-state index contributed by atoms with van der Waals surface area (Å²) in [4.78, 5) is 60.1. The highest BCUT2D eigenvalue weighted by atomic mass is 16.5. The van der Waals surface area contributed by atoms with Crippen LogP contribution in [-0.4, -0.2) is 26.9 Å². The number of carbonyl (C=O) groups is 1. The Morgan fingerprint density at radius 2 is 1.39 bits per heavy atom. The molecule has 1 N–H and O–H groups in total. The highest BCUT2D eigenvalue weighted by Gasteiger charge is 2.22. The number of aromatic nitrogens is 2. The second kappa shape index (κ2) is 4.99. The van der Waals surface area contributed by atoms with Crippen molar-refractivity contribution in [3.05, 3.63) is 53.5 Å². The molecule has 0 aliphatic carbocycles. The van der Waals surface area contributed by atoms with Gasteiger partial charge < -0.3 is 9.84 Å². The van der Waals surface area contributed by atoms with Crippen molar-refractivity contribution in [3.63, 3.8) is 0 Å². The van der Waals surface area contributed by atoms with Crippen LogP contribution in [0.4, 0.5) is 4.79 Å². The summed E-state index contributed by atoms with van der Waals surface area (Å²) in [5.41, 5.74) is -3.39. The van der Waals surface area contributed by atoms with Crippen molar-refractivity contribution in [2.75, 3.05) is 6.61 Å². The number of rotatable bonds is 2. The summed E-state index contributed by atoms with van der Waals surface area (Å²) in [7, 11) is 0. The maximum absolute atomic E-state index is 12.2. The molecule has 0 atom stereocenters. The molecule has 0 amide bonds. The zero-order valence-electron chi connectivity index (χ0n) is 11.9. The van der Waals surface area contributed by atoms with Crippen LogP contribution in [0.3, 0.4) is 0 Å². The second-order valence-electron chi connectivity index (χ2n) is 4.77. The van der Waals surface area contributed by atoms with Gasteiger partial charge in [-0.05, 0) is 19.1 Å². The summed E-state index contributed by atoms with van der Waals surface area (Å²) in [5, 5.41) is 8.52. The van der Waals surface area contributed by atoms with E-state index in [9.17, 15) is 24.0 Å². The third kappa shape index (κ3) is 1.87. The minimum absolute atomic E-state index is 0.0226. The second-order valence-corrected chi connectivity index (χ2v) is 4.77. The molecule has 0 unspecified atom stereocenters. The Labute approximate surface area is 126 Å². The zero-order valence-corrected chi connectivity index (χ0v) is 11.9. The summed E-state index contributed by atoms with van der Waals surface area (Å²) in [6.07, 6.45) is -1.12. The Bertz CT molecular complexity index is 1080. The molecule has 118 valence electrons. The Morgan fingerprint density at radius 3 is 1.78 bits per heavy atom. The van der Waals surface area contributed by atoms with Gasteiger partial charge in [0.2, 0.25) is 0 Å². The van der Waals surface area contributed by atoms with Crippen molar-refractivity contribution in [2.24, 2.45) is 0 Å². The van der Waals surface area contributed by atoms with E-state index in [1.54, 1.807) is 0 Å². The fourth-order valence-corrected chi connectivity index (χ4v) is 2.51. The molecule has 3 rings (SSSR count). The van der Waals surface area contributed by atoms with Crippen molar-refractivity contribution < 1.29 is 14.6 Å². The predicted octanol–water partition coefficient (Wildman–Crippen LogP) is -1.13. The smallest absolute Gasteiger partial charge is 0.424 e. The summed E-state index contributed by atoms with van der Waals surface area (Å²) in [6.45, 7) is 0.685. The van der Waals surface area contributed by atoms with E-state index in [0.717, 1.165) is 12.1 Å². The van der Waals surface area contributed by atoms with Gasteiger partial charge in [0.05, 0.1) is 28.2 Å². The fraction of sp³-hybridized carbons (Fsp3) is 0.214. The Morgan fingerprint density at radius 1 is 0.957 bits per heavy atom. The molecule has 0 saturated carbocycles. The molecule has 0 aliphatic rings. The molecule has 23 heavy (non-hydrogen) atoms.